The first-order valence-electron chi connectivity index (χ1n) is 7.91. The molecule has 0 saturated heterocycles. The maximum Gasteiger partial charge on any atom is 0.191 e. The Morgan fingerprint density at radius 1 is 1.33 bits per heavy atom. The molecule has 1 rings (SSSR count). The minimum absolute atomic E-state index is 0.0184. The van der Waals surface area contributed by atoms with Crippen LogP contribution in [0.5, 0.6) is 5.75 Å². The van der Waals surface area contributed by atoms with Gasteiger partial charge in [0.2, 0.25) is 0 Å². The molecule has 8 heteroatoms. The Bertz CT molecular complexity index is 618. The highest BCUT2D eigenvalue weighted by Crippen LogP contribution is 2.15. The number of hydrogen-bond donors (Lipinski definition) is 2. The Hall–Kier alpha value is -1.28. The molecule has 0 aromatic heterocycles. The van der Waals surface area contributed by atoms with E-state index in [-0.39, 0.29) is 11.8 Å². The summed E-state index contributed by atoms with van der Waals surface area (Å²) in [6.45, 7) is 5.63. The van der Waals surface area contributed by atoms with Crippen molar-refractivity contribution < 1.29 is 13.2 Å². The molecule has 1 unspecified atom stereocenters. The summed E-state index contributed by atoms with van der Waals surface area (Å²) in [7, 11) is -2.95. The number of rotatable bonds is 9. The lowest BCUT2D eigenvalue weighted by atomic mass is 10.3. The van der Waals surface area contributed by atoms with Gasteiger partial charge in [-0.15, -0.1) is 0 Å². The number of halogens is 1. The Balaban J connectivity index is 2.42. The zero-order chi connectivity index (χ0) is 18.0. The molecule has 1 aromatic rings. The summed E-state index contributed by atoms with van der Waals surface area (Å²) in [4.78, 5) is 4.44. The number of sulfone groups is 1. The predicted octanol–water partition coefficient (Wildman–Crippen LogP) is 2.21. The molecule has 0 spiro atoms. The average Bonchev–Trinajstić information content (AvgIpc) is 2.51. The van der Waals surface area contributed by atoms with E-state index in [1.54, 1.807) is 0 Å². The number of ether oxygens (including phenoxy) is 1. The molecule has 2 N–H and O–H groups in total. The van der Waals surface area contributed by atoms with Gasteiger partial charge in [-0.3, -0.25) is 0 Å². The van der Waals surface area contributed by atoms with E-state index in [1.807, 2.05) is 38.1 Å². The monoisotopic (exact) mass is 419 g/mol. The maximum atomic E-state index is 11.2. The van der Waals surface area contributed by atoms with E-state index in [2.05, 4.69) is 31.6 Å². The fraction of sp³-hybridized carbons (Fsp3) is 0.562. The van der Waals surface area contributed by atoms with Crippen LogP contribution in [0.4, 0.5) is 0 Å². The lowest BCUT2D eigenvalue weighted by Crippen LogP contribution is -2.43. The molecule has 0 fully saturated rings. The fourth-order valence-electron chi connectivity index (χ4n) is 1.87. The molecule has 0 radical (unpaired) electrons. The van der Waals surface area contributed by atoms with Crippen LogP contribution in [0.2, 0.25) is 0 Å². The lowest BCUT2D eigenvalue weighted by Gasteiger charge is -2.17. The number of benzene rings is 1. The first-order valence-corrected chi connectivity index (χ1v) is 10.8. The summed E-state index contributed by atoms with van der Waals surface area (Å²) >= 11 is 3.38. The van der Waals surface area contributed by atoms with Crippen molar-refractivity contribution in [2.75, 3.05) is 31.7 Å². The van der Waals surface area contributed by atoms with Gasteiger partial charge in [0.15, 0.2) is 5.96 Å². The number of guanidine groups is 1. The molecule has 0 bridgehead atoms. The van der Waals surface area contributed by atoms with Gasteiger partial charge >= 0.3 is 0 Å². The third-order valence-electron chi connectivity index (χ3n) is 3.09. The minimum atomic E-state index is -2.95. The van der Waals surface area contributed by atoms with Gasteiger partial charge < -0.3 is 15.4 Å². The van der Waals surface area contributed by atoms with Crippen molar-refractivity contribution in [3.8, 4) is 5.75 Å². The Labute approximate surface area is 153 Å². The summed E-state index contributed by atoms with van der Waals surface area (Å²) in [5, 5.41) is 6.35. The average molecular weight is 420 g/mol. The molecule has 6 nitrogen and oxygen atoms in total. The second-order valence-electron chi connectivity index (χ2n) is 5.53. The number of aliphatic imine (C=N–C) groups is 1. The zero-order valence-corrected chi connectivity index (χ0v) is 16.8. The van der Waals surface area contributed by atoms with Gasteiger partial charge in [0.25, 0.3) is 0 Å². The van der Waals surface area contributed by atoms with Crippen LogP contribution >= 0.6 is 15.9 Å². The molecule has 0 aliphatic rings. The van der Waals surface area contributed by atoms with Crippen LogP contribution in [0.1, 0.15) is 20.3 Å². The maximum absolute atomic E-state index is 11.2. The standard InChI is InChI=1S/C16H26BrN3O3S/c1-4-18-16(20-13(2)9-12-24(3,21)22)19-10-11-23-15-7-5-14(17)6-8-15/h5-8,13H,4,9-12H2,1-3H3,(H2,18,19,20). The molecule has 0 aliphatic heterocycles. The zero-order valence-electron chi connectivity index (χ0n) is 14.4. The normalized spacial score (nSPS) is 13.4. The SMILES string of the molecule is CCNC(=NCCOc1ccc(Br)cc1)NC(C)CCS(C)(=O)=O. The second kappa shape index (κ2) is 10.6. The van der Waals surface area contributed by atoms with Crippen LogP contribution < -0.4 is 15.4 Å². The quantitative estimate of drug-likeness (QED) is 0.364. The first-order chi connectivity index (χ1) is 11.3. The topological polar surface area (TPSA) is 79.8 Å². The van der Waals surface area contributed by atoms with Gasteiger partial charge in [0, 0.05) is 23.3 Å². The molecule has 0 aliphatic carbocycles. The van der Waals surface area contributed by atoms with Gasteiger partial charge in [-0.1, -0.05) is 15.9 Å². The van der Waals surface area contributed by atoms with Crippen molar-refractivity contribution >= 4 is 31.7 Å². The van der Waals surface area contributed by atoms with Gasteiger partial charge in [-0.2, -0.15) is 0 Å². The summed E-state index contributed by atoms with van der Waals surface area (Å²) in [5.74, 6) is 1.62. The van der Waals surface area contributed by atoms with E-state index in [9.17, 15) is 8.42 Å². The summed E-state index contributed by atoms with van der Waals surface area (Å²) in [6.07, 6.45) is 1.79. The van der Waals surface area contributed by atoms with Gasteiger partial charge in [-0.05, 0) is 44.5 Å². The largest absolute Gasteiger partial charge is 0.492 e. The van der Waals surface area contributed by atoms with Crippen molar-refractivity contribution in [2.45, 2.75) is 26.3 Å². The van der Waals surface area contributed by atoms with Crippen LogP contribution in [0, 0.1) is 0 Å². The van der Waals surface area contributed by atoms with E-state index in [0.717, 1.165) is 16.8 Å². The first kappa shape index (κ1) is 20.8. The number of hydrogen-bond acceptors (Lipinski definition) is 4. The van der Waals surface area contributed by atoms with Crippen molar-refractivity contribution in [1.82, 2.24) is 10.6 Å². The van der Waals surface area contributed by atoms with Crippen molar-refractivity contribution in [1.29, 1.82) is 0 Å². The fourth-order valence-corrected chi connectivity index (χ4v) is 2.91. The molecule has 0 saturated carbocycles. The Morgan fingerprint density at radius 2 is 2.00 bits per heavy atom. The van der Waals surface area contributed by atoms with Crippen LogP contribution in [-0.4, -0.2) is 52.1 Å². The molecule has 1 aromatic carbocycles. The van der Waals surface area contributed by atoms with Gasteiger partial charge in [0.1, 0.15) is 22.2 Å². The van der Waals surface area contributed by atoms with E-state index < -0.39 is 9.84 Å². The molecule has 1 atom stereocenters. The molecule has 24 heavy (non-hydrogen) atoms. The number of nitrogens with zero attached hydrogens (tertiary/aromatic N) is 1. The van der Waals surface area contributed by atoms with E-state index in [4.69, 9.17) is 4.74 Å². The van der Waals surface area contributed by atoms with Crippen molar-refractivity contribution in [3.05, 3.63) is 28.7 Å². The van der Waals surface area contributed by atoms with Crippen LogP contribution in [-0.2, 0) is 9.84 Å². The van der Waals surface area contributed by atoms with E-state index in [1.165, 1.54) is 6.26 Å². The van der Waals surface area contributed by atoms with E-state index in [0.29, 0.717) is 25.5 Å². The second-order valence-corrected chi connectivity index (χ2v) is 8.70. The Kier molecular flexibility index (Phi) is 9.13. The number of nitrogens with one attached hydrogen (secondary N) is 2. The van der Waals surface area contributed by atoms with Crippen molar-refractivity contribution in [2.24, 2.45) is 4.99 Å². The van der Waals surface area contributed by atoms with Gasteiger partial charge in [-0.25, -0.2) is 13.4 Å². The highest BCUT2D eigenvalue weighted by atomic mass is 79.9. The third kappa shape index (κ3) is 9.77. The summed E-state index contributed by atoms with van der Waals surface area (Å²) in [5.41, 5.74) is 0. The lowest BCUT2D eigenvalue weighted by molar-refractivity contribution is 0.328. The van der Waals surface area contributed by atoms with E-state index >= 15 is 0 Å². The Morgan fingerprint density at radius 3 is 2.58 bits per heavy atom. The highest BCUT2D eigenvalue weighted by molar-refractivity contribution is 9.10. The minimum Gasteiger partial charge on any atom is -0.492 e. The van der Waals surface area contributed by atoms with Crippen LogP contribution in [0.15, 0.2) is 33.7 Å². The molecule has 136 valence electrons. The summed E-state index contributed by atoms with van der Waals surface area (Å²) in [6, 6.07) is 7.65. The van der Waals surface area contributed by atoms with Crippen LogP contribution in [0.3, 0.4) is 0 Å². The molecule has 0 amide bonds. The molecule has 0 heterocycles. The smallest absolute Gasteiger partial charge is 0.191 e. The van der Waals surface area contributed by atoms with Gasteiger partial charge in [0.05, 0.1) is 12.3 Å². The molecular formula is C16H26BrN3O3S. The predicted molar refractivity (Wildman–Crippen MR) is 103 cm³/mol. The molecular weight excluding hydrogens is 394 g/mol. The van der Waals surface area contributed by atoms with Crippen LogP contribution in [0.25, 0.3) is 0 Å². The third-order valence-corrected chi connectivity index (χ3v) is 4.60. The van der Waals surface area contributed by atoms with Crippen molar-refractivity contribution in [3.63, 3.8) is 0 Å². The summed E-state index contributed by atoms with van der Waals surface area (Å²) < 4.78 is 29.1. The highest BCUT2D eigenvalue weighted by Gasteiger charge is 2.09.